The fourth-order valence-corrected chi connectivity index (χ4v) is 2.63. The molecule has 1 aromatic carbocycles. The lowest BCUT2D eigenvalue weighted by Gasteiger charge is -2.35. The number of nitro groups is 1. The number of likely N-dealkylation sites (N-methyl/N-ethyl adjacent to an activating group) is 1. The minimum atomic E-state index is -0.392. The Balaban J connectivity index is 1.74. The van der Waals surface area contributed by atoms with E-state index in [0.29, 0.717) is 13.1 Å². The van der Waals surface area contributed by atoms with Crippen LogP contribution >= 0.6 is 0 Å². The first-order valence-corrected chi connectivity index (χ1v) is 8.09. The zero-order valence-electron chi connectivity index (χ0n) is 14.3. The van der Waals surface area contributed by atoms with Crippen molar-refractivity contribution in [2.24, 2.45) is 0 Å². The van der Waals surface area contributed by atoms with Crippen molar-refractivity contribution in [1.82, 2.24) is 15.1 Å². The standard InChI is InChI=1S/C16H25N5O3/c1-18(2)8-7-17-16(22)13-19-9-11-20(12-10-19)14-3-5-15(6-4-14)21(23)24/h3-6H,7-13H2,1-2H3,(H,17,22). The summed E-state index contributed by atoms with van der Waals surface area (Å²) in [7, 11) is 3.95. The number of nitro benzene ring substituents is 1. The van der Waals surface area contributed by atoms with Crippen molar-refractivity contribution in [3.63, 3.8) is 0 Å². The number of anilines is 1. The van der Waals surface area contributed by atoms with Crippen molar-refractivity contribution in [1.29, 1.82) is 0 Å². The molecular formula is C16H25N5O3. The second kappa shape index (κ2) is 8.60. The van der Waals surface area contributed by atoms with Crippen LogP contribution < -0.4 is 10.2 Å². The van der Waals surface area contributed by atoms with Crippen LogP contribution in [-0.2, 0) is 4.79 Å². The summed E-state index contributed by atoms with van der Waals surface area (Å²) in [5, 5.41) is 13.6. The first-order valence-electron chi connectivity index (χ1n) is 8.09. The van der Waals surface area contributed by atoms with Crippen molar-refractivity contribution in [2.45, 2.75) is 0 Å². The molecule has 132 valence electrons. The second-order valence-electron chi connectivity index (χ2n) is 6.19. The summed E-state index contributed by atoms with van der Waals surface area (Å²) in [6.45, 7) is 5.14. The maximum absolute atomic E-state index is 11.9. The summed E-state index contributed by atoms with van der Waals surface area (Å²) < 4.78 is 0. The van der Waals surface area contributed by atoms with Gasteiger partial charge in [-0.05, 0) is 26.2 Å². The maximum Gasteiger partial charge on any atom is 0.269 e. The summed E-state index contributed by atoms with van der Waals surface area (Å²) in [6.07, 6.45) is 0. The molecule has 0 atom stereocenters. The number of rotatable bonds is 7. The van der Waals surface area contributed by atoms with Crippen LogP contribution in [0.1, 0.15) is 0 Å². The number of amides is 1. The van der Waals surface area contributed by atoms with Crippen LogP contribution in [-0.4, -0.2) is 80.5 Å². The fourth-order valence-electron chi connectivity index (χ4n) is 2.63. The van der Waals surface area contributed by atoms with Crippen molar-refractivity contribution in [3.05, 3.63) is 34.4 Å². The normalized spacial score (nSPS) is 15.5. The number of carbonyl (C=O) groups excluding carboxylic acids is 1. The van der Waals surface area contributed by atoms with Crippen LogP contribution in [0.15, 0.2) is 24.3 Å². The number of nitrogens with zero attached hydrogens (tertiary/aromatic N) is 4. The van der Waals surface area contributed by atoms with Crippen molar-refractivity contribution in [2.75, 3.05) is 64.8 Å². The third kappa shape index (κ3) is 5.47. The second-order valence-corrected chi connectivity index (χ2v) is 6.19. The first-order chi connectivity index (χ1) is 11.5. The Kier molecular flexibility index (Phi) is 6.51. The summed E-state index contributed by atoms with van der Waals surface area (Å²) in [5.41, 5.74) is 1.09. The molecule has 1 amide bonds. The monoisotopic (exact) mass is 335 g/mol. The largest absolute Gasteiger partial charge is 0.369 e. The van der Waals surface area contributed by atoms with Crippen molar-refractivity contribution in [3.8, 4) is 0 Å². The maximum atomic E-state index is 11.9. The van der Waals surface area contributed by atoms with Gasteiger partial charge >= 0.3 is 0 Å². The molecule has 1 N–H and O–H groups in total. The number of hydrogen-bond acceptors (Lipinski definition) is 6. The lowest BCUT2D eigenvalue weighted by atomic mass is 10.2. The zero-order chi connectivity index (χ0) is 17.5. The zero-order valence-corrected chi connectivity index (χ0v) is 14.3. The van der Waals surface area contributed by atoms with Crippen molar-refractivity contribution < 1.29 is 9.72 Å². The van der Waals surface area contributed by atoms with Crippen LogP contribution in [0.5, 0.6) is 0 Å². The van der Waals surface area contributed by atoms with Crippen LogP contribution in [0.2, 0.25) is 0 Å². The number of carbonyl (C=O) groups is 1. The molecule has 0 unspecified atom stereocenters. The molecule has 0 saturated carbocycles. The highest BCUT2D eigenvalue weighted by Gasteiger charge is 2.19. The van der Waals surface area contributed by atoms with E-state index >= 15 is 0 Å². The smallest absolute Gasteiger partial charge is 0.269 e. The van der Waals surface area contributed by atoms with Gasteiger partial charge in [0, 0.05) is 57.1 Å². The quantitative estimate of drug-likeness (QED) is 0.574. The van der Waals surface area contributed by atoms with E-state index in [2.05, 4.69) is 15.1 Å². The Morgan fingerprint density at radius 3 is 2.38 bits per heavy atom. The average molecular weight is 335 g/mol. The molecule has 1 saturated heterocycles. The predicted octanol–water partition coefficient (Wildman–Crippen LogP) is 0.395. The van der Waals surface area contributed by atoms with Crippen LogP contribution in [0, 0.1) is 10.1 Å². The minimum Gasteiger partial charge on any atom is -0.369 e. The molecule has 1 aliphatic rings. The van der Waals surface area contributed by atoms with Gasteiger partial charge in [0.1, 0.15) is 0 Å². The Bertz CT molecular complexity index is 553. The lowest BCUT2D eigenvalue weighted by molar-refractivity contribution is -0.384. The van der Waals surface area contributed by atoms with Gasteiger partial charge in [0.05, 0.1) is 11.5 Å². The highest BCUT2D eigenvalue weighted by atomic mass is 16.6. The van der Waals surface area contributed by atoms with E-state index in [1.165, 1.54) is 12.1 Å². The molecule has 0 radical (unpaired) electrons. The highest BCUT2D eigenvalue weighted by molar-refractivity contribution is 5.78. The van der Waals surface area contributed by atoms with Crippen LogP contribution in [0.4, 0.5) is 11.4 Å². The van der Waals surface area contributed by atoms with Gasteiger partial charge in [-0.3, -0.25) is 19.8 Å². The number of hydrogen-bond donors (Lipinski definition) is 1. The SMILES string of the molecule is CN(C)CCNC(=O)CN1CCN(c2ccc([N+](=O)[O-])cc2)CC1. The molecule has 24 heavy (non-hydrogen) atoms. The molecule has 2 rings (SSSR count). The van der Waals surface area contributed by atoms with E-state index in [9.17, 15) is 14.9 Å². The molecular weight excluding hydrogens is 310 g/mol. The van der Waals surface area contributed by atoms with Gasteiger partial charge in [-0.1, -0.05) is 0 Å². The number of benzene rings is 1. The molecule has 0 aromatic heterocycles. The van der Waals surface area contributed by atoms with Gasteiger partial charge in [-0.25, -0.2) is 0 Å². The Labute approximate surface area is 142 Å². The van der Waals surface area contributed by atoms with Gasteiger partial charge < -0.3 is 15.1 Å². The third-order valence-corrected chi connectivity index (χ3v) is 4.05. The summed E-state index contributed by atoms with van der Waals surface area (Å²) in [6, 6.07) is 6.61. The molecule has 1 fully saturated rings. The molecule has 8 nitrogen and oxygen atoms in total. The third-order valence-electron chi connectivity index (χ3n) is 4.05. The van der Waals surface area contributed by atoms with Gasteiger partial charge in [0.2, 0.25) is 5.91 Å². The van der Waals surface area contributed by atoms with E-state index in [-0.39, 0.29) is 11.6 Å². The van der Waals surface area contributed by atoms with Gasteiger partial charge in [-0.15, -0.1) is 0 Å². The van der Waals surface area contributed by atoms with E-state index in [0.717, 1.165) is 38.4 Å². The first kappa shape index (κ1) is 18.2. The summed E-state index contributed by atoms with van der Waals surface area (Å²) in [5.74, 6) is 0.0561. The lowest BCUT2D eigenvalue weighted by Crippen LogP contribution is -2.49. The van der Waals surface area contributed by atoms with Gasteiger partial charge in [0.25, 0.3) is 5.69 Å². The topological polar surface area (TPSA) is 82.0 Å². The molecule has 0 aliphatic carbocycles. The summed E-state index contributed by atoms with van der Waals surface area (Å²) >= 11 is 0. The number of nitrogens with one attached hydrogen (secondary N) is 1. The van der Waals surface area contributed by atoms with E-state index in [1.807, 2.05) is 19.0 Å². The van der Waals surface area contributed by atoms with E-state index in [1.54, 1.807) is 12.1 Å². The molecule has 1 heterocycles. The highest BCUT2D eigenvalue weighted by Crippen LogP contribution is 2.20. The number of non-ortho nitro benzene ring substituents is 1. The molecule has 1 aliphatic heterocycles. The van der Waals surface area contributed by atoms with E-state index < -0.39 is 4.92 Å². The van der Waals surface area contributed by atoms with Crippen LogP contribution in [0.25, 0.3) is 0 Å². The van der Waals surface area contributed by atoms with Crippen LogP contribution in [0.3, 0.4) is 0 Å². The molecule has 0 bridgehead atoms. The van der Waals surface area contributed by atoms with Gasteiger partial charge in [0.15, 0.2) is 0 Å². The van der Waals surface area contributed by atoms with E-state index in [4.69, 9.17) is 0 Å². The molecule has 1 aromatic rings. The van der Waals surface area contributed by atoms with Gasteiger partial charge in [-0.2, -0.15) is 0 Å². The molecule has 8 heteroatoms. The Morgan fingerprint density at radius 2 is 1.83 bits per heavy atom. The van der Waals surface area contributed by atoms with Crippen molar-refractivity contribution >= 4 is 17.3 Å². The Hall–Kier alpha value is -2.19. The summed E-state index contributed by atoms with van der Waals surface area (Å²) in [4.78, 5) is 28.5. The number of piperazine rings is 1. The average Bonchev–Trinajstić information content (AvgIpc) is 2.55. The minimum absolute atomic E-state index is 0.0561. The predicted molar refractivity (Wildman–Crippen MR) is 93.3 cm³/mol. The molecule has 0 spiro atoms. The Morgan fingerprint density at radius 1 is 1.21 bits per heavy atom. The fraction of sp³-hybridized carbons (Fsp3) is 0.562.